The maximum Gasteiger partial charge on any atom is 0.125 e. The SMILES string of the molecule is CCCn1nncc1-c1cc(F)cc(Cl)c1N. The highest BCUT2D eigenvalue weighted by Gasteiger charge is 2.13. The van der Waals surface area contributed by atoms with Crippen molar-refractivity contribution in [1.82, 2.24) is 15.0 Å². The van der Waals surface area contributed by atoms with Gasteiger partial charge in [-0.1, -0.05) is 23.7 Å². The molecule has 1 aromatic carbocycles. The monoisotopic (exact) mass is 254 g/mol. The minimum Gasteiger partial charge on any atom is -0.397 e. The van der Waals surface area contributed by atoms with Crippen molar-refractivity contribution in [2.75, 3.05) is 5.73 Å². The van der Waals surface area contributed by atoms with Crippen LogP contribution in [0.4, 0.5) is 10.1 Å². The summed E-state index contributed by atoms with van der Waals surface area (Å²) >= 11 is 5.85. The quantitative estimate of drug-likeness (QED) is 0.857. The topological polar surface area (TPSA) is 56.7 Å². The third-order valence-electron chi connectivity index (χ3n) is 2.42. The molecule has 0 spiro atoms. The molecule has 0 amide bonds. The van der Waals surface area contributed by atoms with Crippen molar-refractivity contribution in [2.45, 2.75) is 19.9 Å². The first-order valence-corrected chi connectivity index (χ1v) is 5.64. The number of nitrogen functional groups attached to an aromatic ring is 1. The zero-order valence-corrected chi connectivity index (χ0v) is 10.1. The van der Waals surface area contributed by atoms with E-state index in [-0.39, 0.29) is 5.02 Å². The van der Waals surface area contributed by atoms with Crippen LogP contribution in [0.2, 0.25) is 5.02 Å². The van der Waals surface area contributed by atoms with E-state index < -0.39 is 5.82 Å². The van der Waals surface area contributed by atoms with E-state index in [0.29, 0.717) is 23.5 Å². The second-order valence-electron chi connectivity index (χ2n) is 3.69. The molecule has 90 valence electrons. The molecule has 0 aliphatic rings. The number of hydrogen-bond donors (Lipinski definition) is 1. The van der Waals surface area contributed by atoms with Crippen LogP contribution in [-0.2, 0) is 6.54 Å². The van der Waals surface area contributed by atoms with Crippen molar-refractivity contribution in [3.05, 3.63) is 29.2 Å². The molecule has 1 aromatic heterocycles. The Balaban J connectivity index is 2.56. The van der Waals surface area contributed by atoms with Gasteiger partial charge in [-0.25, -0.2) is 9.07 Å². The Kier molecular flexibility index (Phi) is 3.28. The molecule has 0 unspecified atom stereocenters. The molecular weight excluding hydrogens is 243 g/mol. The van der Waals surface area contributed by atoms with Gasteiger partial charge in [-0.3, -0.25) is 0 Å². The molecule has 2 aromatic rings. The number of benzene rings is 1. The van der Waals surface area contributed by atoms with Crippen LogP contribution >= 0.6 is 11.6 Å². The Morgan fingerprint density at radius 3 is 2.94 bits per heavy atom. The van der Waals surface area contributed by atoms with E-state index in [2.05, 4.69) is 10.3 Å². The first kappa shape index (κ1) is 11.9. The number of aromatic nitrogens is 3. The van der Waals surface area contributed by atoms with E-state index in [0.717, 1.165) is 6.42 Å². The lowest BCUT2D eigenvalue weighted by Gasteiger charge is -2.09. The summed E-state index contributed by atoms with van der Waals surface area (Å²) in [4.78, 5) is 0. The van der Waals surface area contributed by atoms with Crippen molar-refractivity contribution < 1.29 is 4.39 Å². The molecule has 2 rings (SSSR count). The molecule has 6 heteroatoms. The largest absolute Gasteiger partial charge is 0.397 e. The summed E-state index contributed by atoms with van der Waals surface area (Å²) < 4.78 is 15.0. The Bertz CT molecular complexity index is 538. The normalized spacial score (nSPS) is 10.8. The lowest BCUT2D eigenvalue weighted by atomic mass is 10.1. The standard InChI is InChI=1S/C11H12ClFN4/c1-2-3-17-10(6-15-16-17)8-4-7(13)5-9(12)11(8)14/h4-6H,2-3,14H2,1H3. The smallest absolute Gasteiger partial charge is 0.125 e. The van der Waals surface area contributed by atoms with E-state index in [1.807, 2.05) is 6.92 Å². The Hall–Kier alpha value is -1.62. The zero-order valence-electron chi connectivity index (χ0n) is 9.32. The summed E-state index contributed by atoms with van der Waals surface area (Å²) in [7, 11) is 0. The van der Waals surface area contributed by atoms with Gasteiger partial charge in [0.2, 0.25) is 0 Å². The average Bonchev–Trinajstić information content (AvgIpc) is 2.72. The highest BCUT2D eigenvalue weighted by atomic mass is 35.5. The Morgan fingerprint density at radius 1 is 1.47 bits per heavy atom. The van der Waals surface area contributed by atoms with Crippen LogP contribution < -0.4 is 5.73 Å². The summed E-state index contributed by atoms with van der Waals surface area (Å²) in [6, 6.07) is 2.53. The number of aryl methyl sites for hydroxylation is 1. The van der Waals surface area contributed by atoms with Crippen LogP contribution in [0.15, 0.2) is 18.3 Å². The first-order chi connectivity index (χ1) is 8.13. The molecule has 0 aliphatic heterocycles. The predicted octanol–water partition coefficient (Wildman–Crippen LogP) is 2.73. The zero-order chi connectivity index (χ0) is 12.4. The summed E-state index contributed by atoms with van der Waals surface area (Å²) in [6.45, 7) is 2.72. The lowest BCUT2D eigenvalue weighted by molar-refractivity contribution is 0.583. The fourth-order valence-corrected chi connectivity index (χ4v) is 1.85. The number of halogens is 2. The van der Waals surface area contributed by atoms with Crippen LogP contribution in [0.25, 0.3) is 11.3 Å². The van der Waals surface area contributed by atoms with Crippen LogP contribution in [0.5, 0.6) is 0 Å². The van der Waals surface area contributed by atoms with Crippen LogP contribution in [-0.4, -0.2) is 15.0 Å². The number of anilines is 1. The van der Waals surface area contributed by atoms with E-state index >= 15 is 0 Å². The molecule has 0 fully saturated rings. The Labute approximate surface area is 103 Å². The molecule has 0 atom stereocenters. The molecule has 0 aliphatic carbocycles. The molecule has 2 N–H and O–H groups in total. The van der Waals surface area contributed by atoms with Crippen molar-refractivity contribution in [3.8, 4) is 11.3 Å². The van der Waals surface area contributed by atoms with Gasteiger partial charge in [0.05, 0.1) is 22.6 Å². The Morgan fingerprint density at radius 2 is 2.24 bits per heavy atom. The van der Waals surface area contributed by atoms with Crippen LogP contribution in [0, 0.1) is 5.82 Å². The van der Waals surface area contributed by atoms with Gasteiger partial charge >= 0.3 is 0 Å². The summed E-state index contributed by atoms with van der Waals surface area (Å²) in [5.41, 5.74) is 7.37. The van der Waals surface area contributed by atoms with Gasteiger partial charge in [-0.2, -0.15) is 0 Å². The van der Waals surface area contributed by atoms with Crippen molar-refractivity contribution in [3.63, 3.8) is 0 Å². The number of rotatable bonds is 3. The second kappa shape index (κ2) is 4.71. The highest BCUT2D eigenvalue weighted by molar-refractivity contribution is 6.33. The average molecular weight is 255 g/mol. The van der Waals surface area contributed by atoms with Crippen molar-refractivity contribution >= 4 is 17.3 Å². The molecular formula is C11H12ClFN4. The minimum atomic E-state index is -0.427. The van der Waals surface area contributed by atoms with Gasteiger partial charge in [0.1, 0.15) is 5.82 Å². The summed E-state index contributed by atoms with van der Waals surface area (Å²) in [6.07, 6.45) is 2.45. The molecule has 1 heterocycles. The van der Waals surface area contributed by atoms with Gasteiger partial charge in [0, 0.05) is 12.1 Å². The first-order valence-electron chi connectivity index (χ1n) is 5.27. The fraction of sp³-hybridized carbons (Fsp3) is 0.273. The molecule has 0 bridgehead atoms. The van der Waals surface area contributed by atoms with E-state index in [1.165, 1.54) is 12.1 Å². The van der Waals surface area contributed by atoms with Gasteiger partial charge < -0.3 is 5.73 Å². The second-order valence-corrected chi connectivity index (χ2v) is 4.10. The maximum absolute atomic E-state index is 13.3. The van der Waals surface area contributed by atoms with Crippen molar-refractivity contribution in [2.24, 2.45) is 0 Å². The van der Waals surface area contributed by atoms with Crippen molar-refractivity contribution in [1.29, 1.82) is 0 Å². The third kappa shape index (κ3) is 2.24. The fourth-order valence-electron chi connectivity index (χ4n) is 1.64. The predicted molar refractivity (Wildman–Crippen MR) is 65.1 cm³/mol. The van der Waals surface area contributed by atoms with Gasteiger partial charge in [-0.15, -0.1) is 5.10 Å². The summed E-state index contributed by atoms with van der Waals surface area (Å²) in [5, 5.41) is 7.94. The molecule has 4 nitrogen and oxygen atoms in total. The van der Waals surface area contributed by atoms with E-state index in [4.69, 9.17) is 17.3 Å². The van der Waals surface area contributed by atoms with Gasteiger partial charge in [0.25, 0.3) is 0 Å². The van der Waals surface area contributed by atoms with Crippen LogP contribution in [0.1, 0.15) is 13.3 Å². The van der Waals surface area contributed by atoms with E-state index in [9.17, 15) is 4.39 Å². The maximum atomic E-state index is 13.3. The molecule has 0 saturated heterocycles. The molecule has 0 radical (unpaired) electrons. The van der Waals surface area contributed by atoms with E-state index in [1.54, 1.807) is 10.9 Å². The minimum absolute atomic E-state index is 0.198. The molecule has 0 saturated carbocycles. The highest BCUT2D eigenvalue weighted by Crippen LogP contribution is 2.32. The number of nitrogens with two attached hydrogens (primary N) is 1. The number of nitrogens with zero attached hydrogens (tertiary/aromatic N) is 3. The molecule has 17 heavy (non-hydrogen) atoms. The third-order valence-corrected chi connectivity index (χ3v) is 2.74. The lowest BCUT2D eigenvalue weighted by Crippen LogP contribution is -2.03. The van der Waals surface area contributed by atoms with Crippen LogP contribution in [0.3, 0.4) is 0 Å². The van der Waals surface area contributed by atoms with Gasteiger partial charge in [0.15, 0.2) is 0 Å². The number of hydrogen-bond acceptors (Lipinski definition) is 3. The van der Waals surface area contributed by atoms with Gasteiger partial charge in [-0.05, 0) is 18.6 Å². The summed E-state index contributed by atoms with van der Waals surface area (Å²) in [5.74, 6) is -0.427.